The Bertz CT molecular complexity index is 565. The SMILES string of the molecule is OB(O)[c-]1cccc1.[Fe].c1cc[c-](-c2ccncc2)c1. The Morgan fingerprint density at radius 3 is 1.80 bits per heavy atom. The molecule has 104 valence electrons. The predicted octanol–water partition coefficient (Wildman–Crippen LogP) is 1.55. The van der Waals surface area contributed by atoms with E-state index in [1.165, 1.54) is 11.1 Å². The molecule has 0 aliphatic carbocycles. The van der Waals surface area contributed by atoms with Gasteiger partial charge in [-0.15, -0.1) is 35.3 Å². The summed E-state index contributed by atoms with van der Waals surface area (Å²) >= 11 is 0. The first kappa shape index (κ1) is 16.4. The average Bonchev–Trinajstić information content (AvgIpc) is 3.14. The van der Waals surface area contributed by atoms with Gasteiger partial charge in [-0.25, -0.2) is 12.1 Å². The van der Waals surface area contributed by atoms with Crippen molar-refractivity contribution >= 4 is 12.6 Å². The summed E-state index contributed by atoms with van der Waals surface area (Å²) < 4.78 is 0. The van der Waals surface area contributed by atoms with E-state index in [2.05, 4.69) is 17.1 Å². The van der Waals surface area contributed by atoms with Crippen molar-refractivity contribution in [2.45, 2.75) is 0 Å². The number of pyridine rings is 1. The van der Waals surface area contributed by atoms with E-state index in [4.69, 9.17) is 10.0 Å². The van der Waals surface area contributed by atoms with Crippen LogP contribution < -0.4 is 5.46 Å². The van der Waals surface area contributed by atoms with Crippen LogP contribution in [-0.4, -0.2) is 22.2 Å². The molecule has 0 saturated heterocycles. The van der Waals surface area contributed by atoms with Gasteiger partial charge in [0.15, 0.2) is 0 Å². The van der Waals surface area contributed by atoms with E-state index in [-0.39, 0.29) is 17.1 Å². The maximum absolute atomic E-state index is 8.47. The monoisotopic (exact) mass is 307 g/mol. The molecule has 3 rings (SSSR count). The molecular weight excluding hydrogens is 293 g/mol. The quantitative estimate of drug-likeness (QED) is 0.558. The number of hydrogen-bond acceptors (Lipinski definition) is 3. The van der Waals surface area contributed by atoms with Crippen molar-refractivity contribution in [3.05, 3.63) is 73.1 Å². The van der Waals surface area contributed by atoms with E-state index < -0.39 is 7.12 Å². The number of nitrogens with zero attached hydrogens (tertiary/aromatic N) is 1. The zero-order chi connectivity index (χ0) is 13.5. The van der Waals surface area contributed by atoms with Gasteiger partial charge in [-0.2, -0.15) is 24.3 Å². The third-order valence-corrected chi connectivity index (χ3v) is 2.66. The van der Waals surface area contributed by atoms with Gasteiger partial charge in [0.1, 0.15) is 0 Å². The van der Waals surface area contributed by atoms with Crippen LogP contribution in [0.2, 0.25) is 0 Å². The van der Waals surface area contributed by atoms with Crippen molar-refractivity contribution in [1.82, 2.24) is 4.98 Å². The maximum Gasteiger partial charge on any atom is 0.412 e. The minimum atomic E-state index is -1.31. The molecule has 0 aliphatic heterocycles. The van der Waals surface area contributed by atoms with Gasteiger partial charge >= 0.3 is 7.12 Å². The van der Waals surface area contributed by atoms with Crippen LogP contribution in [0.1, 0.15) is 0 Å². The van der Waals surface area contributed by atoms with Crippen molar-refractivity contribution in [3.63, 3.8) is 0 Å². The van der Waals surface area contributed by atoms with E-state index in [0.717, 1.165) is 0 Å². The van der Waals surface area contributed by atoms with Crippen LogP contribution in [0.25, 0.3) is 11.1 Å². The summed E-state index contributed by atoms with van der Waals surface area (Å²) in [5, 5.41) is 16.9. The minimum Gasteiger partial charge on any atom is -0.434 e. The third kappa shape index (κ3) is 4.80. The van der Waals surface area contributed by atoms with E-state index in [1.807, 2.05) is 36.7 Å². The molecule has 1 aromatic heterocycles. The molecule has 5 heteroatoms. The van der Waals surface area contributed by atoms with Gasteiger partial charge in [-0.3, -0.25) is 4.98 Å². The summed E-state index contributed by atoms with van der Waals surface area (Å²) in [7, 11) is -1.31. The molecule has 0 fully saturated rings. The predicted molar refractivity (Wildman–Crippen MR) is 77.1 cm³/mol. The van der Waals surface area contributed by atoms with Gasteiger partial charge in [0, 0.05) is 17.1 Å². The summed E-state index contributed by atoms with van der Waals surface area (Å²) in [5.41, 5.74) is 3.03. The standard InChI is InChI=1S/C10H8N.C5H6BO2.Fe/c1-2-4-9(3-1)10-5-7-11-8-6-10;7-6(8)5-3-1-2-4-5;/h1-8H;1-4,7-8H;/q2*-1;. The Kier molecular flexibility index (Phi) is 6.98. The van der Waals surface area contributed by atoms with Crippen LogP contribution in [-0.2, 0) is 17.1 Å². The molecule has 2 N–H and O–H groups in total. The van der Waals surface area contributed by atoms with Gasteiger partial charge in [0.05, 0.1) is 0 Å². The summed E-state index contributed by atoms with van der Waals surface area (Å²) in [6.45, 7) is 0. The summed E-state index contributed by atoms with van der Waals surface area (Å²) in [6, 6.07) is 19.1. The van der Waals surface area contributed by atoms with Crippen molar-refractivity contribution < 1.29 is 27.1 Å². The van der Waals surface area contributed by atoms with Crippen molar-refractivity contribution in [3.8, 4) is 11.1 Å². The van der Waals surface area contributed by atoms with Crippen LogP contribution in [0.5, 0.6) is 0 Å². The van der Waals surface area contributed by atoms with Gasteiger partial charge in [0.2, 0.25) is 0 Å². The van der Waals surface area contributed by atoms with Crippen LogP contribution in [0.4, 0.5) is 0 Å². The molecule has 0 amide bonds. The molecule has 0 unspecified atom stereocenters. The summed E-state index contributed by atoms with van der Waals surface area (Å²) in [6.07, 6.45) is 3.62. The van der Waals surface area contributed by atoms with E-state index in [0.29, 0.717) is 5.46 Å². The molecule has 20 heavy (non-hydrogen) atoms. The Labute approximate surface area is 129 Å². The van der Waals surface area contributed by atoms with Crippen LogP contribution in [0, 0.1) is 0 Å². The zero-order valence-electron chi connectivity index (χ0n) is 10.7. The third-order valence-electron chi connectivity index (χ3n) is 2.66. The molecule has 0 radical (unpaired) electrons. The molecule has 0 saturated carbocycles. The first-order valence-electron chi connectivity index (χ1n) is 5.97. The molecular formula is C15H14BFeNO2-2. The van der Waals surface area contributed by atoms with Gasteiger partial charge in [-0.1, -0.05) is 5.56 Å². The zero-order valence-corrected chi connectivity index (χ0v) is 11.8. The Hall–Kier alpha value is -1.65. The molecule has 0 atom stereocenters. The summed E-state index contributed by atoms with van der Waals surface area (Å²) in [4.78, 5) is 3.96. The molecule has 0 aliphatic rings. The summed E-state index contributed by atoms with van der Waals surface area (Å²) in [5.74, 6) is 0. The largest absolute Gasteiger partial charge is 0.434 e. The van der Waals surface area contributed by atoms with Gasteiger partial charge in [-0.05, 0) is 12.4 Å². The van der Waals surface area contributed by atoms with E-state index in [1.54, 1.807) is 24.3 Å². The molecule has 3 aromatic rings. The maximum atomic E-state index is 8.47. The second-order valence-corrected chi connectivity index (χ2v) is 4.00. The first-order chi connectivity index (χ1) is 9.27. The normalized spacial score (nSPS) is 9.10. The second-order valence-electron chi connectivity index (χ2n) is 4.00. The Morgan fingerprint density at radius 1 is 0.850 bits per heavy atom. The van der Waals surface area contributed by atoms with Crippen molar-refractivity contribution in [2.24, 2.45) is 0 Å². The second kappa shape index (κ2) is 8.51. The van der Waals surface area contributed by atoms with Crippen LogP contribution in [0.3, 0.4) is 0 Å². The van der Waals surface area contributed by atoms with Gasteiger partial charge < -0.3 is 10.0 Å². The van der Waals surface area contributed by atoms with Crippen molar-refractivity contribution in [2.75, 3.05) is 0 Å². The fourth-order valence-corrected chi connectivity index (χ4v) is 1.67. The average molecular weight is 307 g/mol. The fourth-order valence-electron chi connectivity index (χ4n) is 1.67. The minimum absolute atomic E-state index is 0. The van der Waals surface area contributed by atoms with Crippen LogP contribution >= 0.6 is 0 Å². The molecule has 3 nitrogen and oxygen atoms in total. The van der Waals surface area contributed by atoms with Gasteiger partial charge in [0.25, 0.3) is 0 Å². The fraction of sp³-hybridized carbons (Fsp3) is 0. The number of aromatic nitrogens is 1. The number of rotatable bonds is 2. The van der Waals surface area contributed by atoms with Crippen LogP contribution in [0.15, 0.2) is 73.1 Å². The topological polar surface area (TPSA) is 53.4 Å². The first-order valence-corrected chi connectivity index (χ1v) is 5.97. The van der Waals surface area contributed by atoms with E-state index >= 15 is 0 Å². The molecule has 0 bridgehead atoms. The molecule has 1 heterocycles. The van der Waals surface area contributed by atoms with Crippen molar-refractivity contribution in [1.29, 1.82) is 0 Å². The Balaban J connectivity index is 0.000000200. The van der Waals surface area contributed by atoms with E-state index in [9.17, 15) is 0 Å². The molecule has 2 aromatic carbocycles. The number of hydrogen-bond donors (Lipinski definition) is 2. The smallest absolute Gasteiger partial charge is 0.412 e. The Morgan fingerprint density at radius 2 is 1.35 bits per heavy atom. The molecule has 0 spiro atoms.